The van der Waals surface area contributed by atoms with E-state index in [2.05, 4.69) is 23.5 Å². The van der Waals surface area contributed by atoms with Gasteiger partial charge in [-0.25, -0.2) is 0 Å². The fourth-order valence-corrected chi connectivity index (χ4v) is 3.92. The molecule has 0 saturated heterocycles. The van der Waals surface area contributed by atoms with E-state index in [0.717, 1.165) is 21.3 Å². The van der Waals surface area contributed by atoms with Crippen LogP contribution in [0.15, 0.2) is 90.6 Å². The molecular formula is C22H17N2OS2+. The molecule has 3 nitrogen and oxygen atoms in total. The van der Waals surface area contributed by atoms with Gasteiger partial charge in [-0.15, -0.1) is 11.3 Å². The third kappa shape index (κ3) is 3.60. The maximum Gasteiger partial charge on any atom is 0.289 e. The number of hydrogen-bond donors (Lipinski definition) is 2. The number of thiophene rings is 1. The highest BCUT2D eigenvalue weighted by molar-refractivity contribution is 7.81. The highest BCUT2D eigenvalue weighted by Gasteiger charge is 2.24. The Morgan fingerprint density at radius 2 is 1.67 bits per heavy atom. The minimum Gasteiger partial charge on any atom is -0.501 e. The molecule has 132 valence electrons. The number of nitrogens with one attached hydrogen (secondary N) is 1. The van der Waals surface area contributed by atoms with Crippen LogP contribution in [0.4, 0.5) is 5.69 Å². The summed E-state index contributed by atoms with van der Waals surface area (Å²) in [6.07, 6.45) is 3.74. The fourth-order valence-electron chi connectivity index (χ4n) is 2.94. The van der Waals surface area contributed by atoms with Crippen molar-refractivity contribution in [3.8, 4) is 0 Å². The van der Waals surface area contributed by atoms with Gasteiger partial charge in [0.15, 0.2) is 17.4 Å². The van der Waals surface area contributed by atoms with Crippen molar-refractivity contribution >= 4 is 56.5 Å². The van der Waals surface area contributed by atoms with E-state index >= 15 is 0 Å². The SMILES string of the molecule is OC(=C(C(=S)Nc1cccc2ccccc12)[n+]1ccccc1)c1cccs1. The number of hydrogen-bond acceptors (Lipinski definition) is 3. The second kappa shape index (κ2) is 7.70. The normalized spacial score (nSPS) is 11.9. The van der Waals surface area contributed by atoms with Gasteiger partial charge < -0.3 is 10.4 Å². The van der Waals surface area contributed by atoms with Crippen LogP contribution in [-0.4, -0.2) is 10.1 Å². The largest absolute Gasteiger partial charge is 0.501 e. The van der Waals surface area contributed by atoms with Crippen molar-refractivity contribution in [3.05, 3.63) is 95.4 Å². The molecule has 2 aromatic heterocycles. The highest BCUT2D eigenvalue weighted by Crippen LogP contribution is 2.26. The molecule has 0 fully saturated rings. The molecule has 0 atom stereocenters. The molecule has 2 heterocycles. The van der Waals surface area contributed by atoms with Crippen LogP contribution in [0.2, 0.25) is 0 Å². The lowest BCUT2D eigenvalue weighted by Gasteiger charge is -2.11. The second-order valence-electron chi connectivity index (χ2n) is 5.94. The van der Waals surface area contributed by atoms with Gasteiger partial charge in [-0.2, -0.15) is 4.57 Å². The van der Waals surface area contributed by atoms with E-state index in [1.54, 1.807) is 0 Å². The summed E-state index contributed by atoms with van der Waals surface area (Å²) in [6.45, 7) is 0. The summed E-state index contributed by atoms with van der Waals surface area (Å²) in [7, 11) is 0. The first-order valence-corrected chi connectivity index (χ1v) is 9.76. The maximum absolute atomic E-state index is 10.9. The average molecular weight is 390 g/mol. The first-order valence-electron chi connectivity index (χ1n) is 8.47. The summed E-state index contributed by atoms with van der Waals surface area (Å²) in [6, 6.07) is 23.7. The van der Waals surface area contributed by atoms with E-state index in [9.17, 15) is 5.11 Å². The van der Waals surface area contributed by atoms with Gasteiger partial charge >= 0.3 is 0 Å². The minimum atomic E-state index is 0.152. The average Bonchev–Trinajstić information content (AvgIpc) is 3.24. The van der Waals surface area contributed by atoms with Crippen LogP contribution >= 0.6 is 23.6 Å². The lowest BCUT2D eigenvalue weighted by molar-refractivity contribution is -0.575. The van der Waals surface area contributed by atoms with Gasteiger partial charge in [0, 0.05) is 23.2 Å². The minimum absolute atomic E-state index is 0.152. The number of nitrogens with zero attached hydrogens (tertiary/aromatic N) is 1. The highest BCUT2D eigenvalue weighted by atomic mass is 32.1. The zero-order chi connectivity index (χ0) is 18.6. The van der Waals surface area contributed by atoms with Gasteiger partial charge in [0.2, 0.25) is 5.76 Å². The van der Waals surface area contributed by atoms with Crippen molar-refractivity contribution in [2.24, 2.45) is 0 Å². The van der Waals surface area contributed by atoms with Crippen molar-refractivity contribution in [2.45, 2.75) is 0 Å². The molecule has 0 radical (unpaired) electrons. The first kappa shape index (κ1) is 17.4. The molecule has 0 aliphatic rings. The predicted octanol–water partition coefficient (Wildman–Crippen LogP) is 5.51. The Kier molecular flexibility index (Phi) is 4.96. The Morgan fingerprint density at radius 1 is 0.889 bits per heavy atom. The van der Waals surface area contributed by atoms with E-state index in [1.807, 2.05) is 76.9 Å². The topological polar surface area (TPSA) is 36.1 Å². The van der Waals surface area contributed by atoms with E-state index < -0.39 is 0 Å². The smallest absolute Gasteiger partial charge is 0.289 e. The lowest BCUT2D eigenvalue weighted by Crippen LogP contribution is -2.38. The Hall–Kier alpha value is -3.02. The van der Waals surface area contributed by atoms with Crippen LogP contribution in [-0.2, 0) is 0 Å². The quantitative estimate of drug-likeness (QED) is 0.209. The summed E-state index contributed by atoms with van der Waals surface area (Å²) in [5, 5.41) is 18.4. The first-order chi connectivity index (χ1) is 13.2. The molecule has 4 rings (SSSR count). The maximum atomic E-state index is 10.9. The van der Waals surface area contributed by atoms with E-state index in [4.69, 9.17) is 12.2 Å². The van der Waals surface area contributed by atoms with Gasteiger partial charge in [-0.05, 0) is 22.9 Å². The molecule has 0 unspecified atom stereocenters. The molecule has 0 bridgehead atoms. The molecule has 2 aromatic carbocycles. The number of anilines is 1. The number of fused-ring (bicyclic) bond motifs is 1. The van der Waals surface area contributed by atoms with Crippen molar-refractivity contribution < 1.29 is 9.67 Å². The third-order valence-electron chi connectivity index (χ3n) is 4.21. The predicted molar refractivity (Wildman–Crippen MR) is 117 cm³/mol. The Balaban J connectivity index is 1.79. The van der Waals surface area contributed by atoms with Crippen LogP contribution < -0.4 is 9.88 Å². The van der Waals surface area contributed by atoms with E-state index in [-0.39, 0.29) is 5.76 Å². The van der Waals surface area contributed by atoms with Gasteiger partial charge in [-0.1, -0.05) is 60.7 Å². The monoisotopic (exact) mass is 389 g/mol. The molecule has 0 aliphatic heterocycles. The molecule has 27 heavy (non-hydrogen) atoms. The van der Waals surface area contributed by atoms with Crippen LogP contribution in [0.25, 0.3) is 22.2 Å². The standard InChI is InChI=1S/C22H16N2OS2/c25-21(19-12-7-15-27-19)20(24-13-4-1-5-14-24)22(26)23-18-11-6-9-16-8-2-3-10-17(16)18/h1-15H,(H-,23,25,26)/p+1. The van der Waals surface area contributed by atoms with Gasteiger partial charge in [0.25, 0.3) is 5.70 Å². The summed E-state index contributed by atoms with van der Waals surface area (Å²) < 4.78 is 1.83. The fraction of sp³-hybridized carbons (Fsp3) is 0. The second-order valence-corrected chi connectivity index (χ2v) is 7.29. The zero-order valence-electron chi connectivity index (χ0n) is 14.4. The van der Waals surface area contributed by atoms with E-state index in [0.29, 0.717) is 10.7 Å². The van der Waals surface area contributed by atoms with Crippen LogP contribution in [0.5, 0.6) is 0 Å². The Labute approximate surface area is 166 Å². The van der Waals surface area contributed by atoms with Crippen LogP contribution in [0.3, 0.4) is 0 Å². The summed E-state index contributed by atoms with van der Waals surface area (Å²) >= 11 is 7.18. The molecule has 0 amide bonds. The van der Waals surface area contributed by atoms with Gasteiger partial charge in [0.1, 0.15) is 0 Å². The number of rotatable bonds is 4. The van der Waals surface area contributed by atoms with Crippen molar-refractivity contribution in [2.75, 3.05) is 5.32 Å². The van der Waals surface area contributed by atoms with Gasteiger partial charge in [-0.3, -0.25) is 0 Å². The van der Waals surface area contributed by atoms with E-state index in [1.165, 1.54) is 11.3 Å². The molecule has 5 heteroatoms. The van der Waals surface area contributed by atoms with Crippen molar-refractivity contribution in [1.82, 2.24) is 0 Å². The molecular weight excluding hydrogens is 372 g/mol. The number of benzene rings is 2. The third-order valence-corrected chi connectivity index (χ3v) is 5.38. The van der Waals surface area contributed by atoms with Gasteiger partial charge in [0.05, 0.1) is 4.88 Å². The number of thiocarbonyl (C=S) groups is 1. The Morgan fingerprint density at radius 3 is 2.44 bits per heavy atom. The molecule has 0 spiro atoms. The zero-order valence-corrected chi connectivity index (χ0v) is 16.0. The van der Waals surface area contributed by atoms with Crippen molar-refractivity contribution in [3.63, 3.8) is 0 Å². The number of aromatic nitrogens is 1. The molecule has 2 N–H and O–H groups in total. The summed E-state index contributed by atoms with van der Waals surface area (Å²) in [5.41, 5.74) is 1.45. The molecule has 4 aromatic rings. The number of aliphatic hydroxyl groups is 1. The molecule has 0 aliphatic carbocycles. The van der Waals surface area contributed by atoms with Crippen LogP contribution in [0.1, 0.15) is 4.88 Å². The van der Waals surface area contributed by atoms with Crippen LogP contribution in [0, 0.1) is 0 Å². The number of pyridine rings is 1. The van der Waals surface area contributed by atoms with Crippen molar-refractivity contribution in [1.29, 1.82) is 0 Å². The summed E-state index contributed by atoms with van der Waals surface area (Å²) in [4.78, 5) is 1.22. The summed E-state index contributed by atoms with van der Waals surface area (Å²) in [5.74, 6) is 0.152. The molecule has 0 saturated carbocycles. The lowest BCUT2D eigenvalue weighted by atomic mass is 10.1. The Bertz CT molecular complexity index is 1110. The number of aliphatic hydroxyl groups excluding tert-OH is 1.